The van der Waals surface area contributed by atoms with Gasteiger partial charge in [0.25, 0.3) is 0 Å². The van der Waals surface area contributed by atoms with E-state index in [2.05, 4.69) is 20.6 Å². The number of aromatic nitrogens is 2. The standard InChI is InChI=1S/C24H22N4O2/c1-29-21-11-7-19(8-12-21)26-23-15-16-25-24(28-23)27-20-9-13-22(14-10-20)30-17-18-5-3-2-4-6-18/h2-16H,17H2,1H3,(H2,25,26,27,28). The number of rotatable bonds is 8. The zero-order chi connectivity index (χ0) is 20.6. The third-order valence-electron chi connectivity index (χ3n) is 4.38. The van der Waals surface area contributed by atoms with E-state index in [1.165, 1.54) is 0 Å². The third kappa shape index (κ3) is 5.26. The van der Waals surface area contributed by atoms with Crippen LogP contribution in [0.1, 0.15) is 5.56 Å². The molecule has 0 aliphatic heterocycles. The van der Waals surface area contributed by atoms with Crippen molar-refractivity contribution in [2.75, 3.05) is 17.7 Å². The maximum atomic E-state index is 5.82. The highest BCUT2D eigenvalue weighted by Gasteiger charge is 2.03. The molecule has 0 bridgehead atoms. The van der Waals surface area contributed by atoms with Gasteiger partial charge < -0.3 is 20.1 Å². The molecular formula is C24H22N4O2. The lowest BCUT2D eigenvalue weighted by molar-refractivity contribution is 0.306. The van der Waals surface area contributed by atoms with Gasteiger partial charge in [0.15, 0.2) is 0 Å². The van der Waals surface area contributed by atoms with E-state index in [0.29, 0.717) is 18.4 Å². The van der Waals surface area contributed by atoms with E-state index in [0.717, 1.165) is 28.4 Å². The van der Waals surface area contributed by atoms with E-state index in [1.54, 1.807) is 13.3 Å². The third-order valence-corrected chi connectivity index (χ3v) is 4.38. The van der Waals surface area contributed by atoms with Crippen molar-refractivity contribution in [3.63, 3.8) is 0 Å². The summed E-state index contributed by atoms with van der Waals surface area (Å²) in [6.07, 6.45) is 1.71. The highest BCUT2D eigenvalue weighted by molar-refractivity contribution is 5.60. The largest absolute Gasteiger partial charge is 0.497 e. The van der Waals surface area contributed by atoms with Crippen LogP contribution in [-0.4, -0.2) is 17.1 Å². The Morgan fingerprint density at radius 2 is 1.40 bits per heavy atom. The van der Waals surface area contributed by atoms with Crippen LogP contribution in [0.25, 0.3) is 0 Å². The molecule has 4 aromatic rings. The molecule has 1 heterocycles. The number of anilines is 4. The molecule has 2 N–H and O–H groups in total. The molecule has 0 saturated heterocycles. The van der Waals surface area contributed by atoms with Crippen molar-refractivity contribution in [1.29, 1.82) is 0 Å². The van der Waals surface area contributed by atoms with Crippen molar-refractivity contribution < 1.29 is 9.47 Å². The zero-order valence-corrected chi connectivity index (χ0v) is 16.6. The fourth-order valence-electron chi connectivity index (χ4n) is 2.82. The Labute approximate surface area is 175 Å². The van der Waals surface area contributed by atoms with Gasteiger partial charge in [-0.3, -0.25) is 0 Å². The molecule has 0 saturated carbocycles. The molecule has 0 radical (unpaired) electrons. The van der Waals surface area contributed by atoms with Crippen LogP contribution in [0.4, 0.5) is 23.1 Å². The molecule has 0 unspecified atom stereocenters. The molecule has 6 nitrogen and oxygen atoms in total. The minimum Gasteiger partial charge on any atom is -0.497 e. The molecule has 0 aliphatic rings. The van der Waals surface area contributed by atoms with Crippen molar-refractivity contribution in [1.82, 2.24) is 9.97 Å². The van der Waals surface area contributed by atoms with Gasteiger partial charge in [0.05, 0.1) is 7.11 Å². The van der Waals surface area contributed by atoms with Gasteiger partial charge in [-0.05, 0) is 60.2 Å². The summed E-state index contributed by atoms with van der Waals surface area (Å²) in [6.45, 7) is 0.538. The van der Waals surface area contributed by atoms with E-state index in [9.17, 15) is 0 Å². The van der Waals surface area contributed by atoms with Gasteiger partial charge in [-0.2, -0.15) is 4.98 Å². The summed E-state index contributed by atoms with van der Waals surface area (Å²) in [5, 5.41) is 6.47. The Kier molecular flexibility index (Phi) is 6.05. The molecule has 150 valence electrons. The molecule has 6 heteroatoms. The number of benzene rings is 3. The summed E-state index contributed by atoms with van der Waals surface area (Å²) in [4.78, 5) is 8.80. The summed E-state index contributed by atoms with van der Waals surface area (Å²) in [5.41, 5.74) is 2.93. The summed E-state index contributed by atoms with van der Waals surface area (Å²) in [7, 11) is 1.65. The van der Waals surface area contributed by atoms with Crippen molar-refractivity contribution in [2.24, 2.45) is 0 Å². The molecule has 0 amide bonds. The van der Waals surface area contributed by atoms with Gasteiger partial charge in [-0.25, -0.2) is 4.98 Å². The topological polar surface area (TPSA) is 68.3 Å². The quantitative estimate of drug-likeness (QED) is 0.405. The fourth-order valence-corrected chi connectivity index (χ4v) is 2.82. The summed E-state index contributed by atoms with van der Waals surface area (Å²) < 4.78 is 11.0. The van der Waals surface area contributed by atoms with Gasteiger partial charge >= 0.3 is 0 Å². The maximum absolute atomic E-state index is 5.82. The second-order valence-electron chi connectivity index (χ2n) is 6.54. The second kappa shape index (κ2) is 9.43. The molecule has 3 aromatic carbocycles. The number of nitrogens with one attached hydrogen (secondary N) is 2. The normalized spacial score (nSPS) is 10.3. The van der Waals surface area contributed by atoms with Crippen LogP contribution in [0.15, 0.2) is 91.1 Å². The molecule has 1 aromatic heterocycles. The SMILES string of the molecule is COc1ccc(Nc2ccnc(Nc3ccc(OCc4ccccc4)cc3)n2)cc1. The molecular weight excluding hydrogens is 376 g/mol. The minimum atomic E-state index is 0.506. The Morgan fingerprint density at radius 1 is 0.733 bits per heavy atom. The summed E-state index contributed by atoms with van der Waals surface area (Å²) >= 11 is 0. The van der Waals surface area contributed by atoms with Crippen molar-refractivity contribution >= 4 is 23.1 Å². The van der Waals surface area contributed by atoms with Crippen LogP contribution in [0.5, 0.6) is 11.5 Å². The monoisotopic (exact) mass is 398 g/mol. The Bertz CT molecular complexity index is 1070. The number of methoxy groups -OCH3 is 1. The minimum absolute atomic E-state index is 0.506. The van der Waals surface area contributed by atoms with Crippen molar-refractivity contribution in [3.05, 3.63) is 96.7 Å². The Morgan fingerprint density at radius 3 is 2.10 bits per heavy atom. The Balaban J connectivity index is 1.36. The van der Waals surface area contributed by atoms with Crippen LogP contribution in [0.2, 0.25) is 0 Å². The van der Waals surface area contributed by atoms with E-state index in [1.807, 2.05) is 84.9 Å². The first kappa shape index (κ1) is 19.3. The van der Waals surface area contributed by atoms with Crippen LogP contribution in [-0.2, 0) is 6.61 Å². The smallest absolute Gasteiger partial charge is 0.229 e. The predicted molar refractivity (Wildman–Crippen MR) is 119 cm³/mol. The first-order valence-corrected chi connectivity index (χ1v) is 9.56. The van der Waals surface area contributed by atoms with Crippen molar-refractivity contribution in [2.45, 2.75) is 6.61 Å². The molecule has 30 heavy (non-hydrogen) atoms. The first-order valence-electron chi connectivity index (χ1n) is 9.56. The zero-order valence-electron chi connectivity index (χ0n) is 16.6. The second-order valence-corrected chi connectivity index (χ2v) is 6.54. The van der Waals surface area contributed by atoms with Crippen LogP contribution in [0.3, 0.4) is 0 Å². The van der Waals surface area contributed by atoms with E-state index in [-0.39, 0.29) is 0 Å². The fraction of sp³-hybridized carbons (Fsp3) is 0.0833. The van der Waals surface area contributed by atoms with Gasteiger partial charge in [-0.1, -0.05) is 30.3 Å². The Hall–Kier alpha value is -4.06. The predicted octanol–water partition coefficient (Wildman–Crippen LogP) is 5.55. The highest BCUT2D eigenvalue weighted by atomic mass is 16.5. The lowest BCUT2D eigenvalue weighted by atomic mass is 10.2. The summed E-state index contributed by atoms with van der Waals surface area (Å²) in [5.74, 6) is 2.81. The molecule has 0 atom stereocenters. The van der Waals surface area contributed by atoms with Gasteiger partial charge in [0.1, 0.15) is 23.9 Å². The first-order chi connectivity index (χ1) is 14.8. The van der Waals surface area contributed by atoms with Gasteiger partial charge in [0.2, 0.25) is 5.95 Å². The van der Waals surface area contributed by atoms with E-state index < -0.39 is 0 Å². The molecule has 0 spiro atoms. The molecule has 0 fully saturated rings. The maximum Gasteiger partial charge on any atom is 0.229 e. The number of nitrogens with zero attached hydrogens (tertiary/aromatic N) is 2. The lowest BCUT2D eigenvalue weighted by Gasteiger charge is -2.10. The average Bonchev–Trinajstić information content (AvgIpc) is 2.80. The van der Waals surface area contributed by atoms with Crippen LogP contribution in [0, 0.1) is 0 Å². The number of hydrogen-bond acceptors (Lipinski definition) is 6. The van der Waals surface area contributed by atoms with Gasteiger partial charge in [0, 0.05) is 17.6 Å². The van der Waals surface area contributed by atoms with Crippen LogP contribution >= 0.6 is 0 Å². The van der Waals surface area contributed by atoms with E-state index in [4.69, 9.17) is 9.47 Å². The number of hydrogen-bond donors (Lipinski definition) is 2. The van der Waals surface area contributed by atoms with Crippen molar-refractivity contribution in [3.8, 4) is 11.5 Å². The highest BCUT2D eigenvalue weighted by Crippen LogP contribution is 2.22. The molecule has 4 rings (SSSR count). The number of ether oxygens (including phenoxy) is 2. The lowest BCUT2D eigenvalue weighted by Crippen LogP contribution is -2.00. The van der Waals surface area contributed by atoms with Crippen LogP contribution < -0.4 is 20.1 Å². The summed E-state index contributed by atoms with van der Waals surface area (Å²) in [6, 6.07) is 27.3. The average molecular weight is 398 g/mol. The van der Waals surface area contributed by atoms with E-state index >= 15 is 0 Å². The molecule has 0 aliphatic carbocycles. The van der Waals surface area contributed by atoms with Gasteiger partial charge in [-0.15, -0.1) is 0 Å².